The van der Waals surface area contributed by atoms with Crippen LogP contribution in [0, 0.1) is 0 Å². The molecule has 8 rings (SSSR count). The predicted octanol–water partition coefficient (Wildman–Crippen LogP) is 2.11. The van der Waals surface area contributed by atoms with Crippen molar-refractivity contribution in [3.63, 3.8) is 0 Å². The maximum atomic E-state index is 13.8. The molecule has 4 aromatic rings. The Kier molecular flexibility index (Phi) is 4.64. The Labute approximate surface area is 217 Å². The topological polar surface area (TPSA) is 97.9 Å². The van der Waals surface area contributed by atoms with E-state index in [1.165, 1.54) is 18.7 Å². The van der Waals surface area contributed by atoms with Gasteiger partial charge in [-0.2, -0.15) is 0 Å². The molecular formula is C25H18Cl2N6O4. The molecule has 2 aromatic heterocycles. The highest BCUT2D eigenvalue weighted by molar-refractivity contribution is 6.44. The molecule has 2 bridgehead atoms. The number of nitrogens with zero attached hydrogens (tertiary/aromatic N) is 6. The summed E-state index contributed by atoms with van der Waals surface area (Å²) in [5.74, 6) is 0. The lowest BCUT2D eigenvalue weighted by atomic mass is 9.83. The second-order valence-electron chi connectivity index (χ2n) is 9.11. The van der Waals surface area contributed by atoms with Gasteiger partial charge in [-0.1, -0.05) is 54.6 Å². The summed E-state index contributed by atoms with van der Waals surface area (Å²) >= 11 is 12.7. The van der Waals surface area contributed by atoms with E-state index in [0.29, 0.717) is 16.9 Å². The van der Waals surface area contributed by atoms with Crippen molar-refractivity contribution in [2.45, 2.75) is 29.0 Å². The van der Waals surface area contributed by atoms with Crippen molar-refractivity contribution in [1.82, 2.24) is 27.9 Å². The van der Waals surface area contributed by atoms with E-state index in [4.69, 9.17) is 23.2 Å². The lowest BCUT2D eigenvalue weighted by Gasteiger charge is -2.45. The molecule has 37 heavy (non-hydrogen) atoms. The van der Waals surface area contributed by atoms with Crippen molar-refractivity contribution in [2.75, 3.05) is 0 Å². The molecule has 1 aliphatic carbocycles. The van der Waals surface area contributed by atoms with Gasteiger partial charge in [-0.25, -0.2) is 47.0 Å². The van der Waals surface area contributed by atoms with Gasteiger partial charge in [-0.3, -0.25) is 0 Å². The molecule has 12 heteroatoms. The zero-order valence-corrected chi connectivity index (χ0v) is 20.5. The molecule has 0 saturated carbocycles. The van der Waals surface area contributed by atoms with Gasteiger partial charge in [0.15, 0.2) is 0 Å². The molecular weight excluding hydrogens is 519 g/mol. The van der Waals surface area contributed by atoms with Gasteiger partial charge in [0.25, 0.3) is 0 Å². The molecule has 0 fully saturated rings. The molecule has 0 spiro atoms. The number of hydrogen-bond donors (Lipinski definition) is 0. The molecule has 4 aliphatic rings. The predicted molar refractivity (Wildman–Crippen MR) is 137 cm³/mol. The van der Waals surface area contributed by atoms with E-state index in [-0.39, 0.29) is 0 Å². The molecule has 5 heterocycles. The quantitative estimate of drug-likeness (QED) is 0.296. The van der Waals surface area contributed by atoms with Crippen LogP contribution in [0.15, 0.2) is 104 Å². The van der Waals surface area contributed by atoms with Crippen LogP contribution in [0.3, 0.4) is 0 Å². The minimum absolute atomic E-state index is 0.397. The van der Waals surface area contributed by atoms with Crippen molar-refractivity contribution >= 4 is 23.2 Å². The number of para-hydroxylation sites is 2. The van der Waals surface area contributed by atoms with E-state index in [1.54, 1.807) is 72.8 Å². The second-order valence-corrected chi connectivity index (χ2v) is 10.3. The van der Waals surface area contributed by atoms with Gasteiger partial charge < -0.3 is 0 Å². The van der Waals surface area contributed by atoms with E-state index in [9.17, 15) is 19.2 Å². The number of hydrogen-bond acceptors (Lipinski definition) is 4. The van der Waals surface area contributed by atoms with Crippen LogP contribution >= 0.6 is 23.2 Å². The van der Waals surface area contributed by atoms with Crippen LogP contribution in [0.25, 0.3) is 11.4 Å². The average Bonchev–Trinajstić information content (AvgIpc) is 3.35. The zero-order chi connectivity index (χ0) is 25.6. The van der Waals surface area contributed by atoms with Crippen molar-refractivity contribution < 1.29 is 0 Å². The van der Waals surface area contributed by atoms with Gasteiger partial charge in [0.1, 0.15) is 23.0 Å². The summed E-state index contributed by atoms with van der Waals surface area (Å²) in [6, 6.07) is 14.2. The molecule has 0 N–H and O–H groups in total. The van der Waals surface area contributed by atoms with Crippen LogP contribution in [0.1, 0.15) is 24.2 Å². The lowest BCUT2D eigenvalue weighted by molar-refractivity contribution is 0.193. The molecule has 2 aromatic carbocycles. The third-order valence-corrected chi connectivity index (χ3v) is 7.77. The summed E-state index contributed by atoms with van der Waals surface area (Å²) in [7, 11) is 0. The standard InChI is InChI=1S/C25H18Cl2N6O4/c26-21(27)19-13-16-17-11-12-18(31-23(35)28(22(34)30(17)31)14-7-3-1-4-8-14)20(16)33-25(37)29(24(36)32(19)33)15-9-5-2-6-10-15/h1-13,17-21H/t17-,18+,19-,20+/m0/s1. The Morgan fingerprint density at radius 1 is 0.622 bits per heavy atom. The van der Waals surface area contributed by atoms with Crippen LogP contribution in [0.5, 0.6) is 0 Å². The number of fused-ring (bicyclic) bond motifs is 1. The number of alkyl halides is 2. The van der Waals surface area contributed by atoms with Crippen LogP contribution in [0.4, 0.5) is 0 Å². The first-order chi connectivity index (χ1) is 17.9. The fourth-order valence-corrected chi connectivity index (χ4v) is 6.12. The van der Waals surface area contributed by atoms with Gasteiger partial charge in [0.05, 0.1) is 17.4 Å². The Balaban J connectivity index is 1.52. The first-order valence-electron chi connectivity index (χ1n) is 11.6. The van der Waals surface area contributed by atoms with Crippen molar-refractivity contribution in [2.24, 2.45) is 0 Å². The minimum atomic E-state index is -1.05. The van der Waals surface area contributed by atoms with Crippen molar-refractivity contribution in [3.8, 4) is 11.4 Å². The fourth-order valence-electron chi connectivity index (χ4n) is 5.76. The van der Waals surface area contributed by atoms with Crippen LogP contribution in [-0.2, 0) is 0 Å². The first-order valence-corrected chi connectivity index (χ1v) is 12.5. The summed E-state index contributed by atoms with van der Waals surface area (Å²) in [5.41, 5.74) is -0.717. The fraction of sp³-hybridized carbons (Fsp3) is 0.200. The van der Waals surface area contributed by atoms with Crippen LogP contribution in [0.2, 0.25) is 0 Å². The van der Waals surface area contributed by atoms with E-state index >= 15 is 0 Å². The molecule has 4 atom stereocenters. The maximum Gasteiger partial charge on any atom is 0.352 e. The van der Waals surface area contributed by atoms with Gasteiger partial charge in [0, 0.05) is 0 Å². The summed E-state index contributed by atoms with van der Waals surface area (Å²) in [6.45, 7) is 0. The van der Waals surface area contributed by atoms with Gasteiger partial charge in [-0.15, -0.1) is 23.2 Å². The van der Waals surface area contributed by atoms with E-state index < -0.39 is 51.8 Å². The molecule has 186 valence electrons. The highest BCUT2D eigenvalue weighted by Gasteiger charge is 2.49. The summed E-state index contributed by atoms with van der Waals surface area (Å²) < 4.78 is 7.52. The molecule has 0 radical (unpaired) electrons. The molecule has 3 aliphatic heterocycles. The smallest absolute Gasteiger partial charge is 0.245 e. The highest BCUT2D eigenvalue weighted by Crippen LogP contribution is 2.48. The third kappa shape index (κ3) is 2.82. The van der Waals surface area contributed by atoms with Crippen LogP contribution in [-0.4, -0.2) is 32.7 Å². The Morgan fingerprint density at radius 2 is 1.14 bits per heavy atom. The van der Waals surface area contributed by atoms with Gasteiger partial charge >= 0.3 is 22.8 Å². The third-order valence-electron chi connectivity index (χ3n) is 7.25. The van der Waals surface area contributed by atoms with Crippen molar-refractivity contribution in [1.29, 1.82) is 0 Å². The second kappa shape index (κ2) is 7.74. The Hall–Kier alpha value is -4.02. The lowest BCUT2D eigenvalue weighted by Crippen LogP contribution is -2.51. The zero-order valence-electron chi connectivity index (χ0n) is 19.0. The number of allylic oxidation sites excluding steroid dienone is 4. The van der Waals surface area contributed by atoms with Crippen LogP contribution < -0.4 is 22.8 Å². The molecule has 10 nitrogen and oxygen atoms in total. The van der Waals surface area contributed by atoms with Gasteiger partial charge in [-0.05, 0) is 29.8 Å². The number of aromatic nitrogens is 6. The average molecular weight is 537 g/mol. The SMILES string of the molecule is O=c1n(-c2ccccc2)c(=O)n2n1[C@@H]1C=C[C@H]2C2=C[C@@H](C(Cl)Cl)n3c(=O)n(-c4ccccc4)c(=O)n3[C@H]21. The maximum absolute atomic E-state index is 13.8. The van der Waals surface area contributed by atoms with Gasteiger partial charge in [0.2, 0.25) is 0 Å². The normalized spacial score (nSPS) is 23.1. The summed E-state index contributed by atoms with van der Waals surface area (Å²) in [4.78, 5) is 53.5. The molecule has 0 amide bonds. The number of rotatable bonds is 3. The van der Waals surface area contributed by atoms with E-state index in [0.717, 1.165) is 9.13 Å². The van der Waals surface area contributed by atoms with E-state index in [1.807, 2.05) is 6.08 Å². The number of benzene rings is 2. The number of halogens is 2. The first kappa shape index (κ1) is 22.2. The Morgan fingerprint density at radius 3 is 1.70 bits per heavy atom. The minimum Gasteiger partial charge on any atom is -0.245 e. The van der Waals surface area contributed by atoms with Crippen molar-refractivity contribution in [3.05, 3.63) is 126 Å². The summed E-state index contributed by atoms with van der Waals surface area (Å²) in [5, 5.41) is 0. The molecule has 0 unspecified atom stereocenters. The largest absolute Gasteiger partial charge is 0.352 e. The molecule has 0 saturated heterocycles. The highest BCUT2D eigenvalue weighted by atomic mass is 35.5. The Bertz CT molecular complexity index is 1870. The monoisotopic (exact) mass is 536 g/mol. The summed E-state index contributed by atoms with van der Waals surface area (Å²) in [6.07, 6.45) is 5.36. The van der Waals surface area contributed by atoms with E-state index in [2.05, 4.69) is 0 Å².